The molecular formula is C17H17ClN2O4S. The highest BCUT2D eigenvalue weighted by Crippen LogP contribution is 2.39. The van der Waals surface area contributed by atoms with Gasteiger partial charge in [0.1, 0.15) is 16.0 Å². The number of carbonyl (C=O) groups is 2. The molecule has 0 spiro atoms. The van der Waals surface area contributed by atoms with Crippen LogP contribution in [0.25, 0.3) is 0 Å². The van der Waals surface area contributed by atoms with E-state index in [-0.39, 0.29) is 30.1 Å². The largest absolute Gasteiger partial charge is 0.477 e. The molecular weight excluding hydrogens is 364 g/mol. The minimum absolute atomic E-state index is 0.110. The smallest absolute Gasteiger partial charge is 0.346 e. The zero-order valence-corrected chi connectivity index (χ0v) is 15.0. The molecule has 0 bridgehead atoms. The van der Waals surface area contributed by atoms with E-state index in [2.05, 4.69) is 5.32 Å². The highest BCUT2D eigenvalue weighted by Gasteiger charge is 2.36. The van der Waals surface area contributed by atoms with Gasteiger partial charge in [0.05, 0.1) is 12.2 Å². The zero-order valence-electron chi connectivity index (χ0n) is 13.5. The zero-order chi connectivity index (χ0) is 18.1. The number of aromatic carboxylic acids is 1. The predicted molar refractivity (Wildman–Crippen MR) is 96.9 cm³/mol. The third-order valence-electron chi connectivity index (χ3n) is 4.14. The number of nitrogens with zero attached hydrogens (tertiary/aromatic N) is 1. The van der Waals surface area contributed by atoms with Gasteiger partial charge >= 0.3 is 5.97 Å². The Morgan fingerprint density at radius 1 is 1.44 bits per heavy atom. The van der Waals surface area contributed by atoms with Gasteiger partial charge in [-0.3, -0.25) is 4.79 Å². The summed E-state index contributed by atoms with van der Waals surface area (Å²) in [5.41, 5.74) is 1.77. The number of carboxylic acid groups (broad SMARTS) is 1. The first kappa shape index (κ1) is 17.7. The molecule has 0 fully saturated rings. The Balaban J connectivity index is 2.00. The maximum atomic E-state index is 12.5. The molecule has 1 amide bonds. The number of aliphatic hydroxyl groups is 1. The van der Waals surface area contributed by atoms with E-state index >= 15 is 0 Å². The van der Waals surface area contributed by atoms with E-state index in [1.165, 1.54) is 0 Å². The molecule has 1 aliphatic rings. The fourth-order valence-corrected chi connectivity index (χ4v) is 4.46. The van der Waals surface area contributed by atoms with Gasteiger partial charge in [0.2, 0.25) is 0 Å². The Morgan fingerprint density at radius 3 is 2.84 bits per heavy atom. The van der Waals surface area contributed by atoms with Crippen molar-refractivity contribution in [3.05, 3.63) is 50.9 Å². The first-order valence-electron chi connectivity index (χ1n) is 7.72. The quantitative estimate of drug-likeness (QED) is 0.741. The van der Waals surface area contributed by atoms with Crippen molar-refractivity contribution in [1.29, 1.82) is 0 Å². The van der Waals surface area contributed by atoms with E-state index < -0.39 is 5.97 Å². The highest BCUT2D eigenvalue weighted by molar-refractivity contribution is 7.18. The van der Waals surface area contributed by atoms with Gasteiger partial charge in [-0.25, -0.2) is 4.79 Å². The number of carboxylic acids is 1. The van der Waals surface area contributed by atoms with Crippen molar-refractivity contribution >= 4 is 39.8 Å². The molecule has 1 aromatic heterocycles. The van der Waals surface area contributed by atoms with Crippen molar-refractivity contribution in [3.63, 3.8) is 0 Å². The summed E-state index contributed by atoms with van der Waals surface area (Å²) in [5, 5.41) is 22.9. The van der Waals surface area contributed by atoms with Crippen molar-refractivity contribution < 1.29 is 19.8 Å². The summed E-state index contributed by atoms with van der Waals surface area (Å²) in [6.07, 6.45) is 0.107. The lowest BCUT2D eigenvalue weighted by Crippen LogP contribution is -2.54. The third-order valence-corrected chi connectivity index (χ3v) is 5.70. The Bertz CT molecular complexity index is 836. The maximum Gasteiger partial charge on any atom is 0.346 e. The number of hydrogen-bond acceptors (Lipinski definition) is 5. The van der Waals surface area contributed by atoms with Crippen LogP contribution in [0.15, 0.2) is 24.3 Å². The van der Waals surface area contributed by atoms with Gasteiger partial charge in [-0.05, 0) is 30.2 Å². The first-order chi connectivity index (χ1) is 11.9. The number of amides is 1. The molecule has 25 heavy (non-hydrogen) atoms. The average Bonchev–Trinajstić information content (AvgIpc) is 2.89. The second kappa shape index (κ2) is 7.03. The van der Waals surface area contributed by atoms with Crippen LogP contribution in [-0.4, -0.2) is 41.4 Å². The summed E-state index contributed by atoms with van der Waals surface area (Å²) >= 11 is 7.09. The molecule has 0 radical (unpaired) electrons. The predicted octanol–water partition coefficient (Wildman–Crippen LogP) is 2.52. The molecule has 1 atom stereocenters. The molecule has 1 unspecified atom stereocenters. The third kappa shape index (κ3) is 3.35. The summed E-state index contributed by atoms with van der Waals surface area (Å²) in [7, 11) is 0. The summed E-state index contributed by atoms with van der Waals surface area (Å²) in [5.74, 6) is -1.35. The fourth-order valence-electron chi connectivity index (χ4n) is 3.03. The number of halogens is 1. The van der Waals surface area contributed by atoms with Crippen LogP contribution >= 0.6 is 22.9 Å². The van der Waals surface area contributed by atoms with Crippen molar-refractivity contribution in [3.8, 4) is 0 Å². The number of anilines is 1. The molecule has 1 aliphatic heterocycles. The van der Waals surface area contributed by atoms with Crippen LogP contribution < -0.4 is 10.2 Å². The van der Waals surface area contributed by atoms with Gasteiger partial charge in [0.25, 0.3) is 5.91 Å². The molecule has 6 nitrogen and oxygen atoms in total. The number of carbonyl (C=O) groups excluding carboxylic acids is 1. The lowest BCUT2D eigenvalue weighted by atomic mass is 10.0. The molecule has 3 rings (SSSR count). The Kier molecular flexibility index (Phi) is 4.99. The first-order valence-corrected chi connectivity index (χ1v) is 8.91. The van der Waals surface area contributed by atoms with Gasteiger partial charge in [0.15, 0.2) is 0 Å². The molecule has 2 heterocycles. The summed E-state index contributed by atoms with van der Waals surface area (Å²) in [6.45, 7) is 1.81. The van der Waals surface area contributed by atoms with Crippen molar-refractivity contribution in [2.24, 2.45) is 0 Å². The number of aliphatic hydroxyl groups excluding tert-OH is 1. The maximum absolute atomic E-state index is 12.5. The number of benzene rings is 1. The van der Waals surface area contributed by atoms with E-state index in [0.717, 1.165) is 16.9 Å². The van der Waals surface area contributed by atoms with Gasteiger partial charge in [-0.15, -0.1) is 11.3 Å². The van der Waals surface area contributed by atoms with Gasteiger partial charge in [-0.2, -0.15) is 0 Å². The van der Waals surface area contributed by atoms with Crippen LogP contribution in [0, 0.1) is 6.92 Å². The number of fused-ring (bicyclic) bond motifs is 1. The lowest BCUT2D eigenvalue weighted by Gasteiger charge is -2.37. The van der Waals surface area contributed by atoms with E-state index in [0.29, 0.717) is 27.6 Å². The normalized spacial score (nSPS) is 16.5. The number of rotatable bonds is 5. The molecule has 1 aromatic carbocycles. The van der Waals surface area contributed by atoms with Crippen molar-refractivity contribution in [2.45, 2.75) is 19.5 Å². The van der Waals surface area contributed by atoms with Crippen LogP contribution in [0.2, 0.25) is 5.02 Å². The topological polar surface area (TPSA) is 89.9 Å². The number of thiophene rings is 1. The van der Waals surface area contributed by atoms with E-state index in [4.69, 9.17) is 11.6 Å². The van der Waals surface area contributed by atoms with E-state index in [9.17, 15) is 19.8 Å². The van der Waals surface area contributed by atoms with E-state index in [1.54, 1.807) is 13.0 Å². The average molecular weight is 381 g/mol. The molecule has 2 aromatic rings. The Labute approximate surface area is 153 Å². The van der Waals surface area contributed by atoms with Gasteiger partial charge in [0, 0.05) is 18.0 Å². The standard InChI is InChI=1S/C17H17ClN2O4S/c1-9-13-15(22)19-12(8-10-3-2-4-11(18)7-10)20(5-6-21)16(13)25-14(9)17(23)24/h2-4,7,12,21H,5-6,8H2,1H3,(H,19,22)(H,23,24). The molecule has 0 saturated heterocycles. The minimum Gasteiger partial charge on any atom is -0.477 e. The van der Waals surface area contributed by atoms with Crippen LogP contribution in [-0.2, 0) is 6.42 Å². The molecule has 132 valence electrons. The number of hydrogen-bond donors (Lipinski definition) is 3. The molecule has 0 saturated carbocycles. The van der Waals surface area contributed by atoms with Crippen LogP contribution in [0.1, 0.15) is 31.2 Å². The van der Waals surface area contributed by atoms with Crippen LogP contribution in [0.3, 0.4) is 0 Å². The summed E-state index contributed by atoms with van der Waals surface area (Å²) in [4.78, 5) is 26.0. The van der Waals surface area contributed by atoms with E-state index in [1.807, 2.05) is 23.1 Å². The SMILES string of the molecule is Cc1c(C(=O)O)sc2c1C(=O)NC(Cc1cccc(Cl)c1)N2CCO. The van der Waals surface area contributed by atoms with Crippen molar-refractivity contribution in [1.82, 2.24) is 5.32 Å². The van der Waals surface area contributed by atoms with Gasteiger partial charge < -0.3 is 20.4 Å². The number of β-amino-alcohol motifs (C(OH)–C–C–N with tert-alkyl or cyclic N) is 1. The minimum atomic E-state index is -1.06. The van der Waals surface area contributed by atoms with Crippen molar-refractivity contribution in [2.75, 3.05) is 18.1 Å². The monoisotopic (exact) mass is 380 g/mol. The molecule has 8 heteroatoms. The molecule has 0 aliphatic carbocycles. The Morgan fingerprint density at radius 2 is 2.20 bits per heavy atom. The van der Waals surface area contributed by atoms with Crippen LogP contribution in [0.4, 0.5) is 5.00 Å². The number of nitrogens with one attached hydrogen (secondary N) is 1. The second-order valence-electron chi connectivity index (χ2n) is 5.78. The fraction of sp³-hybridized carbons (Fsp3) is 0.294. The van der Waals surface area contributed by atoms with Crippen LogP contribution in [0.5, 0.6) is 0 Å². The molecule has 3 N–H and O–H groups in total. The highest BCUT2D eigenvalue weighted by atomic mass is 35.5. The summed E-state index contributed by atoms with van der Waals surface area (Å²) in [6, 6.07) is 7.34. The van der Waals surface area contributed by atoms with Gasteiger partial charge in [-0.1, -0.05) is 23.7 Å². The lowest BCUT2D eigenvalue weighted by molar-refractivity contribution is 0.0701. The Hall–Kier alpha value is -2.09. The summed E-state index contributed by atoms with van der Waals surface area (Å²) < 4.78 is 0. The second-order valence-corrected chi connectivity index (χ2v) is 7.22.